The lowest BCUT2D eigenvalue weighted by Gasteiger charge is -2.08. The van der Waals surface area contributed by atoms with Crippen molar-refractivity contribution < 1.29 is 8.78 Å². The Morgan fingerprint density at radius 1 is 1.58 bits per heavy atom. The minimum Gasteiger partial charge on any atom is -0.326 e. The molecular weight excluding hydrogens is 162 g/mol. The second kappa shape index (κ2) is 3.58. The Bertz CT molecular complexity index is 274. The second-order valence-corrected chi connectivity index (χ2v) is 2.47. The smallest absolute Gasteiger partial charge is 0.264 e. The van der Waals surface area contributed by atoms with E-state index in [1.54, 1.807) is 6.92 Å². The molecule has 1 aromatic rings. The molecule has 0 aliphatic heterocycles. The number of hydrogen-bond donors (Lipinski definition) is 1. The first-order chi connectivity index (χ1) is 5.66. The number of aromatic nitrogens is 1. The van der Waals surface area contributed by atoms with Crippen molar-refractivity contribution in [1.82, 2.24) is 4.98 Å². The van der Waals surface area contributed by atoms with E-state index in [4.69, 9.17) is 5.73 Å². The molecule has 0 saturated heterocycles. The third-order valence-electron chi connectivity index (χ3n) is 1.75. The van der Waals surface area contributed by atoms with Gasteiger partial charge in [-0.1, -0.05) is 0 Å². The molecule has 0 aromatic carbocycles. The number of nitrogens with zero attached hydrogens (tertiary/aromatic N) is 1. The number of nitrogens with two attached hydrogens (primary N) is 1. The minimum absolute atomic E-state index is 0.00926. The number of pyridine rings is 1. The molecule has 0 unspecified atom stereocenters. The van der Waals surface area contributed by atoms with E-state index in [1.165, 1.54) is 12.3 Å². The summed E-state index contributed by atoms with van der Waals surface area (Å²) in [6.45, 7) is 1.79. The predicted molar refractivity (Wildman–Crippen MR) is 41.8 cm³/mol. The average Bonchev–Trinajstić information content (AvgIpc) is 2.03. The molecule has 0 amide bonds. The molecule has 0 atom stereocenters. The molecule has 1 heterocycles. The van der Waals surface area contributed by atoms with E-state index < -0.39 is 6.43 Å². The van der Waals surface area contributed by atoms with Gasteiger partial charge in [0, 0.05) is 24.0 Å². The highest BCUT2D eigenvalue weighted by molar-refractivity contribution is 5.29. The van der Waals surface area contributed by atoms with Gasteiger partial charge in [0.1, 0.15) is 0 Å². The van der Waals surface area contributed by atoms with Gasteiger partial charge in [-0.25, -0.2) is 8.78 Å². The van der Waals surface area contributed by atoms with Crippen LogP contribution in [0, 0.1) is 6.92 Å². The zero-order chi connectivity index (χ0) is 9.14. The summed E-state index contributed by atoms with van der Waals surface area (Å²) in [5.41, 5.74) is 6.34. The van der Waals surface area contributed by atoms with Crippen LogP contribution in [0.2, 0.25) is 0 Å². The quantitative estimate of drug-likeness (QED) is 0.738. The van der Waals surface area contributed by atoms with Crippen LogP contribution in [0.4, 0.5) is 8.78 Å². The van der Waals surface area contributed by atoms with Crippen LogP contribution in [0.25, 0.3) is 0 Å². The van der Waals surface area contributed by atoms with E-state index in [0.717, 1.165) is 0 Å². The van der Waals surface area contributed by atoms with Gasteiger partial charge in [0.2, 0.25) is 0 Å². The van der Waals surface area contributed by atoms with Gasteiger partial charge in [-0.05, 0) is 18.6 Å². The van der Waals surface area contributed by atoms with Crippen LogP contribution in [0.3, 0.4) is 0 Å². The highest BCUT2D eigenvalue weighted by Gasteiger charge is 2.13. The second-order valence-electron chi connectivity index (χ2n) is 2.47. The summed E-state index contributed by atoms with van der Waals surface area (Å²) in [5, 5.41) is 0. The Kier molecular flexibility index (Phi) is 2.70. The molecule has 1 rings (SSSR count). The Balaban J connectivity index is 3.18. The summed E-state index contributed by atoms with van der Waals surface area (Å²) in [5.74, 6) is 0. The molecule has 0 aliphatic rings. The molecule has 2 N–H and O–H groups in total. The summed E-state index contributed by atoms with van der Waals surface area (Å²) in [7, 11) is 0. The van der Waals surface area contributed by atoms with Gasteiger partial charge in [-0.2, -0.15) is 0 Å². The Morgan fingerprint density at radius 3 is 2.67 bits per heavy atom. The first kappa shape index (κ1) is 9.06. The van der Waals surface area contributed by atoms with E-state index in [2.05, 4.69) is 4.98 Å². The van der Waals surface area contributed by atoms with E-state index >= 15 is 0 Å². The lowest BCUT2D eigenvalue weighted by Crippen LogP contribution is -2.05. The van der Waals surface area contributed by atoms with E-state index in [-0.39, 0.29) is 12.1 Å². The van der Waals surface area contributed by atoms with Gasteiger partial charge in [-0.3, -0.25) is 4.98 Å². The predicted octanol–water partition coefficient (Wildman–Crippen LogP) is 1.79. The zero-order valence-corrected chi connectivity index (χ0v) is 6.72. The lowest BCUT2D eigenvalue weighted by molar-refractivity contribution is 0.150. The molecule has 12 heavy (non-hydrogen) atoms. The fourth-order valence-electron chi connectivity index (χ4n) is 1.09. The van der Waals surface area contributed by atoms with Gasteiger partial charge in [0.15, 0.2) is 0 Å². The number of aryl methyl sites for hydroxylation is 1. The monoisotopic (exact) mass is 172 g/mol. The van der Waals surface area contributed by atoms with Crippen molar-refractivity contribution in [3.8, 4) is 0 Å². The minimum atomic E-state index is -2.47. The molecule has 1 aromatic heterocycles. The van der Waals surface area contributed by atoms with Crippen LogP contribution < -0.4 is 5.73 Å². The van der Waals surface area contributed by atoms with E-state index in [9.17, 15) is 8.78 Å². The van der Waals surface area contributed by atoms with Crippen molar-refractivity contribution in [3.05, 3.63) is 29.1 Å². The maximum Gasteiger partial charge on any atom is 0.264 e. The van der Waals surface area contributed by atoms with Crippen molar-refractivity contribution in [3.63, 3.8) is 0 Å². The molecule has 66 valence electrons. The molecule has 0 radical (unpaired) electrons. The third-order valence-corrected chi connectivity index (χ3v) is 1.75. The average molecular weight is 172 g/mol. The summed E-state index contributed by atoms with van der Waals surface area (Å²) in [4.78, 5) is 3.88. The topological polar surface area (TPSA) is 38.9 Å². The fraction of sp³-hybridized carbons (Fsp3) is 0.375. The first-order valence-electron chi connectivity index (χ1n) is 3.59. The number of hydrogen-bond acceptors (Lipinski definition) is 2. The molecule has 4 heteroatoms. The molecule has 0 bridgehead atoms. The lowest BCUT2D eigenvalue weighted by atomic mass is 10.1. The summed E-state index contributed by atoms with van der Waals surface area (Å²) >= 11 is 0. The highest BCUT2D eigenvalue weighted by atomic mass is 19.3. The van der Waals surface area contributed by atoms with Crippen LogP contribution in [-0.4, -0.2) is 4.98 Å². The van der Waals surface area contributed by atoms with E-state index in [1.807, 2.05) is 0 Å². The summed E-state index contributed by atoms with van der Waals surface area (Å²) < 4.78 is 24.6. The van der Waals surface area contributed by atoms with Crippen molar-refractivity contribution in [2.45, 2.75) is 19.9 Å². The number of rotatable bonds is 2. The Hall–Kier alpha value is -1.03. The van der Waals surface area contributed by atoms with Crippen molar-refractivity contribution >= 4 is 0 Å². The number of halogens is 2. The maximum atomic E-state index is 12.3. The van der Waals surface area contributed by atoms with Gasteiger partial charge in [0.05, 0.1) is 0 Å². The molecule has 2 nitrogen and oxygen atoms in total. The molecule has 0 saturated carbocycles. The fourth-order valence-corrected chi connectivity index (χ4v) is 1.09. The van der Waals surface area contributed by atoms with Crippen LogP contribution in [0.15, 0.2) is 12.3 Å². The standard InChI is InChI=1S/C8H10F2N2/c1-5-7(4-11)6(8(9)10)2-3-12-5/h2-3,8H,4,11H2,1H3. The first-order valence-corrected chi connectivity index (χ1v) is 3.59. The highest BCUT2D eigenvalue weighted by Crippen LogP contribution is 2.23. The molecule has 0 fully saturated rings. The Labute approximate surface area is 69.4 Å². The zero-order valence-electron chi connectivity index (χ0n) is 6.72. The third kappa shape index (κ3) is 1.58. The van der Waals surface area contributed by atoms with Crippen molar-refractivity contribution in [1.29, 1.82) is 0 Å². The van der Waals surface area contributed by atoms with Gasteiger partial charge >= 0.3 is 0 Å². The molecular formula is C8H10F2N2. The van der Waals surface area contributed by atoms with Crippen molar-refractivity contribution in [2.24, 2.45) is 5.73 Å². The van der Waals surface area contributed by atoms with E-state index in [0.29, 0.717) is 11.3 Å². The van der Waals surface area contributed by atoms with Gasteiger partial charge in [0.25, 0.3) is 6.43 Å². The summed E-state index contributed by atoms with van der Waals surface area (Å²) in [6, 6.07) is 1.31. The van der Waals surface area contributed by atoms with Crippen LogP contribution in [-0.2, 0) is 6.54 Å². The molecule has 0 aliphatic carbocycles. The maximum absolute atomic E-state index is 12.3. The van der Waals surface area contributed by atoms with Gasteiger partial charge in [-0.15, -0.1) is 0 Å². The van der Waals surface area contributed by atoms with Crippen LogP contribution in [0.5, 0.6) is 0 Å². The largest absolute Gasteiger partial charge is 0.326 e. The van der Waals surface area contributed by atoms with Crippen LogP contribution >= 0.6 is 0 Å². The van der Waals surface area contributed by atoms with Crippen molar-refractivity contribution in [2.75, 3.05) is 0 Å². The van der Waals surface area contributed by atoms with Gasteiger partial charge < -0.3 is 5.73 Å². The van der Waals surface area contributed by atoms with Crippen LogP contribution in [0.1, 0.15) is 23.2 Å². The summed E-state index contributed by atoms with van der Waals surface area (Å²) in [6.07, 6.45) is -1.10. The number of alkyl halides is 2. The SMILES string of the molecule is Cc1nccc(C(F)F)c1CN. The normalized spacial score (nSPS) is 10.8. The Morgan fingerprint density at radius 2 is 2.25 bits per heavy atom. The molecule has 0 spiro atoms.